The molecule has 2 heterocycles. The van der Waals surface area contributed by atoms with Crippen molar-refractivity contribution in [2.24, 2.45) is 0 Å². The molecule has 17 heavy (non-hydrogen) atoms. The molecule has 0 aliphatic carbocycles. The van der Waals surface area contributed by atoms with E-state index in [1.807, 2.05) is 11.6 Å². The van der Waals surface area contributed by atoms with Crippen LogP contribution in [0.15, 0.2) is 4.47 Å². The van der Waals surface area contributed by atoms with Gasteiger partial charge in [0.2, 0.25) is 0 Å². The van der Waals surface area contributed by atoms with E-state index in [-0.39, 0.29) is 6.09 Å². The lowest BCUT2D eigenvalue weighted by Crippen LogP contribution is -2.25. The summed E-state index contributed by atoms with van der Waals surface area (Å²) in [5.74, 6) is 0. The Bertz CT molecular complexity index is 431. The molecule has 1 saturated heterocycles. The zero-order chi connectivity index (χ0) is 12.4. The highest BCUT2D eigenvalue weighted by Gasteiger charge is 2.25. The van der Waals surface area contributed by atoms with Crippen molar-refractivity contribution in [2.75, 3.05) is 13.2 Å². The number of aromatic nitrogens is 2. The summed E-state index contributed by atoms with van der Waals surface area (Å²) in [6, 6.07) is 0. The maximum absolute atomic E-state index is 11.4. The SMILES string of the molecule is CCc1nn(CC)c(CN2CCOC2=O)c1Br. The fourth-order valence-corrected chi connectivity index (χ4v) is 2.61. The summed E-state index contributed by atoms with van der Waals surface area (Å²) in [6.07, 6.45) is 0.643. The summed E-state index contributed by atoms with van der Waals surface area (Å²) in [5.41, 5.74) is 2.08. The van der Waals surface area contributed by atoms with E-state index in [1.165, 1.54) is 0 Å². The lowest BCUT2D eigenvalue weighted by Gasteiger charge is -2.13. The molecular weight excluding hydrogens is 286 g/mol. The van der Waals surface area contributed by atoms with E-state index in [0.29, 0.717) is 19.7 Å². The van der Waals surface area contributed by atoms with Crippen LogP contribution < -0.4 is 0 Å². The lowest BCUT2D eigenvalue weighted by molar-refractivity contribution is 0.156. The predicted molar refractivity (Wildman–Crippen MR) is 66.7 cm³/mol. The quantitative estimate of drug-likeness (QED) is 0.856. The molecule has 0 atom stereocenters. The summed E-state index contributed by atoms with van der Waals surface area (Å²) < 4.78 is 7.88. The van der Waals surface area contributed by atoms with Gasteiger partial charge in [0, 0.05) is 6.54 Å². The number of halogens is 1. The van der Waals surface area contributed by atoms with E-state index >= 15 is 0 Å². The van der Waals surface area contributed by atoms with Gasteiger partial charge in [-0.15, -0.1) is 0 Å². The van der Waals surface area contributed by atoms with Crippen LogP contribution in [0.3, 0.4) is 0 Å². The van der Waals surface area contributed by atoms with Gasteiger partial charge in [0.25, 0.3) is 0 Å². The Labute approximate surface area is 109 Å². The van der Waals surface area contributed by atoms with Crippen molar-refractivity contribution in [3.63, 3.8) is 0 Å². The average Bonchev–Trinajstić information content (AvgIpc) is 2.86. The van der Waals surface area contributed by atoms with Crippen LogP contribution in [0.4, 0.5) is 4.79 Å². The highest BCUT2D eigenvalue weighted by molar-refractivity contribution is 9.10. The first-order chi connectivity index (χ1) is 8.17. The van der Waals surface area contributed by atoms with E-state index in [4.69, 9.17) is 4.74 Å². The lowest BCUT2D eigenvalue weighted by atomic mass is 10.3. The molecule has 0 saturated carbocycles. The van der Waals surface area contributed by atoms with Crippen molar-refractivity contribution in [2.45, 2.75) is 33.4 Å². The molecule has 1 aromatic heterocycles. The number of rotatable bonds is 4. The Morgan fingerprint density at radius 3 is 2.76 bits per heavy atom. The second-order valence-electron chi connectivity index (χ2n) is 3.91. The van der Waals surface area contributed by atoms with Crippen molar-refractivity contribution in [3.05, 3.63) is 15.9 Å². The van der Waals surface area contributed by atoms with Gasteiger partial charge in [-0.1, -0.05) is 6.92 Å². The topological polar surface area (TPSA) is 47.4 Å². The number of aryl methyl sites for hydroxylation is 2. The molecule has 0 radical (unpaired) electrons. The van der Waals surface area contributed by atoms with Gasteiger partial charge >= 0.3 is 6.09 Å². The zero-order valence-electron chi connectivity index (χ0n) is 10.1. The molecule has 0 spiro atoms. The standard InChI is InChI=1S/C11H16BrN3O2/c1-3-8-10(12)9(15(4-2)13-8)7-14-5-6-17-11(14)16/h3-7H2,1-2H3. The Morgan fingerprint density at radius 1 is 1.47 bits per heavy atom. The van der Waals surface area contributed by atoms with Gasteiger partial charge in [-0.05, 0) is 29.3 Å². The van der Waals surface area contributed by atoms with Crippen LogP contribution in [-0.4, -0.2) is 33.9 Å². The largest absolute Gasteiger partial charge is 0.448 e. The minimum absolute atomic E-state index is 0.237. The van der Waals surface area contributed by atoms with Gasteiger partial charge in [-0.3, -0.25) is 9.58 Å². The van der Waals surface area contributed by atoms with Crippen molar-refractivity contribution < 1.29 is 9.53 Å². The zero-order valence-corrected chi connectivity index (χ0v) is 11.7. The molecule has 0 unspecified atom stereocenters. The number of cyclic esters (lactones) is 1. The minimum atomic E-state index is -0.237. The van der Waals surface area contributed by atoms with E-state index in [0.717, 1.165) is 28.8 Å². The number of ether oxygens (including phenoxy) is 1. The first-order valence-corrected chi connectivity index (χ1v) is 6.62. The molecule has 0 bridgehead atoms. The fraction of sp³-hybridized carbons (Fsp3) is 0.636. The molecular formula is C11H16BrN3O2. The third kappa shape index (κ3) is 2.31. The second-order valence-corrected chi connectivity index (χ2v) is 4.71. The summed E-state index contributed by atoms with van der Waals surface area (Å²) in [4.78, 5) is 13.1. The number of hydrogen-bond donors (Lipinski definition) is 0. The Balaban J connectivity index is 2.24. The predicted octanol–water partition coefficient (Wildman–Crippen LogP) is 2.18. The van der Waals surface area contributed by atoms with Crippen LogP contribution >= 0.6 is 15.9 Å². The van der Waals surface area contributed by atoms with Gasteiger partial charge in [0.05, 0.1) is 29.0 Å². The highest BCUT2D eigenvalue weighted by Crippen LogP contribution is 2.24. The van der Waals surface area contributed by atoms with Crippen LogP contribution in [0.5, 0.6) is 0 Å². The van der Waals surface area contributed by atoms with Crippen molar-refractivity contribution in [1.82, 2.24) is 14.7 Å². The third-order valence-electron chi connectivity index (χ3n) is 2.88. The number of carbonyl (C=O) groups is 1. The van der Waals surface area contributed by atoms with Crippen LogP contribution in [-0.2, 0) is 24.2 Å². The van der Waals surface area contributed by atoms with E-state index in [1.54, 1.807) is 4.90 Å². The second kappa shape index (κ2) is 5.08. The molecule has 1 amide bonds. The molecule has 1 aliphatic heterocycles. The number of nitrogens with zero attached hydrogens (tertiary/aromatic N) is 3. The summed E-state index contributed by atoms with van der Waals surface area (Å²) in [6.45, 7) is 6.61. The molecule has 1 fully saturated rings. The Morgan fingerprint density at radius 2 is 2.24 bits per heavy atom. The smallest absolute Gasteiger partial charge is 0.410 e. The summed E-state index contributed by atoms with van der Waals surface area (Å²) >= 11 is 3.57. The molecule has 6 heteroatoms. The summed E-state index contributed by atoms with van der Waals surface area (Å²) in [7, 11) is 0. The van der Waals surface area contributed by atoms with Crippen LogP contribution in [0, 0.1) is 0 Å². The van der Waals surface area contributed by atoms with Gasteiger partial charge < -0.3 is 4.74 Å². The molecule has 1 aliphatic rings. The van der Waals surface area contributed by atoms with Crippen molar-refractivity contribution in [3.8, 4) is 0 Å². The fourth-order valence-electron chi connectivity index (χ4n) is 1.92. The number of carbonyl (C=O) groups excluding carboxylic acids is 1. The van der Waals surface area contributed by atoms with E-state index in [2.05, 4.69) is 28.0 Å². The van der Waals surface area contributed by atoms with Gasteiger partial charge in [-0.2, -0.15) is 5.10 Å². The molecule has 1 aromatic rings. The van der Waals surface area contributed by atoms with Crippen molar-refractivity contribution >= 4 is 22.0 Å². The number of amides is 1. The number of hydrogen-bond acceptors (Lipinski definition) is 3. The van der Waals surface area contributed by atoms with E-state index < -0.39 is 0 Å². The molecule has 2 rings (SSSR count). The van der Waals surface area contributed by atoms with Gasteiger partial charge in [0.15, 0.2) is 0 Å². The average molecular weight is 302 g/mol. The molecule has 0 aromatic carbocycles. The Hall–Kier alpha value is -1.04. The minimum Gasteiger partial charge on any atom is -0.448 e. The van der Waals surface area contributed by atoms with Gasteiger partial charge in [-0.25, -0.2) is 4.79 Å². The highest BCUT2D eigenvalue weighted by atomic mass is 79.9. The van der Waals surface area contributed by atoms with Crippen LogP contribution in [0.2, 0.25) is 0 Å². The monoisotopic (exact) mass is 301 g/mol. The normalized spacial score (nSPS) is 15.5. The van der Waals surface area contributed by atoms with E-state index in [9.17, 15) is 4.79 Å². The van der Waals surface area contributed by atoms with Crippen LogP contribution in [0.1, 0.15) is 25.2 Å². The first kappa shape index (κ1) is 12.4. The maximum Gasteiger partial charge on any atom is 0.410 e. The van der Waals surface area contributed by atoms with Crippen LogP contribution in [0.25, 0.3) is 0 Å². The maximum atomic E-state index is 11.4. The first-order valence-electron chi connectivity index (χ1n) is 5.83. The molecule has 5 nitrogen and oxygen atoms in total. The third-order valence-corrected chi connectivity index (χ3v) is 3.80. The molecule has 0 N–H and O–H groups in total. The summed E-state index contributed by atoms with van der Waals surface area (Å²) in [5, 5.41) is 4.50. The van der Waals surface area contributed by atoms with Crippen molar-refractivity contribution in [1.29, 1.82) is 0 Å². The Kier molecular flexibility index (Phi) is 3.71. The molecule has 94 valence electrons. The van der Waals surface area contributed by atoms with Gasteiger partial charge in [0.1, 0.15) is 6.61 Å².